The Morgan fingerprint density at radius 3 is 2.47 bits per heavy atom. The number of hydroxylamine groups is 2. The number of Topliss-reactive ketones (excluding diaryl/α,β-unsaturated/α-hetero) is 1. The summed E-state index contributed by atoms with van der Waals surface area (Å²) in [6, 6.07) is 9.91. The summed E-state index contributed by atoms with van der Waals surface area (Å²) in [4.78, 5) is 57.2. The number of pyridine rings is 1. The van der Waals surface area contributed by atoms with Gasteiger partial charge in [0.15, 0.2) is 34.6 Å². The topological polar surface area (TPSA) is 307 Å². The van der Waals surface area contributed by atoms with Crippen molar-refractivity contribution in [2.45, 2.75) is 89.5 Å². The maximum Gasteiger partial charge on any atom is 0.354 e. The molecule has 7 N–H and O–H groups in total. The van der Waals surface area contributed by atoms with Gasteiger partial charge >= 0.3 is 5.97 Å². The first-order chi connectivity index (χ1) is 26.9. The Kier molecular flexibility index (Phi) is 14.8. The number of ketones is 1. The average molecular weight is 833 g/mol. The molecule has 19 nitrogen and oxygen atoms in total. The molecule has 1 fully saturated rings. The van der Waals surface area contributed by atoms with Crippen LogP contribution in [-0.2, 0) is 58.1 Å². The predicted molar refractivity (Wildman–Crippen MR) is 202 cm³/mol. The molecule has 0 spiro atoms. The first-order valence-electron chi connectivity index (χ1n) is 17.9. The van der Waals surface area contributed by atoms with Crippen LogP contribution in [0.2, 0.25) is 0 Å². The molecule has 310 valence electrons. The Bertz CT molecular complexity index is 2090. The lowest BCUT2D eigenvalue weighted by Crippen LogP contribution is -2.68. The van der Waals surface area contributed by atoms with Gasteiger partial charge < -0.3 is 46.3 Å². The van der Waals surface area contributed by atoms with E-state index < -0.39 is 69.8 Å². The molecule has 4 heterocycles. The van der Waals surface area contributed by atoms with Crippen LogP contribution in [0, 0.1) is 5.92 Å². The molecule has 57 heavy (non-hydrogen) atoms. The molecule has 1 aromatic carbocycles. The van der Waals surface area contributed by atoms with Crippen LogP contribution in [0.4, 0.5) is 5.13 Å². The lowest BCUT2D eigenvalue weighted by atomic mass is 9.74. The molecule has 5 rings (SSSR count). The fraction of sp³-hybridized carbons (Fsp3) is 0.472. The Morgan fingerprint density at radius 2 is 1.88 bits per heavy atom. The van der Waals surface area contributed by atoms with E-state index in [1.807, 2.05) is 12.1 Å². The minimum atomic E-state index is -5.25. The fourth-order valence-corrected chi connectivity index (χ4v) is 7.50. The second kappa shape index (κ2) is 18.9. The van der Waals surface area contributed by atoms with Crippen LogP contribution < -0.4 is 31.6 Å². The second-order valence-corrected chi connectivity index (χ2v) is 15.9. The standard InChI is InChI=1S/C35H45N7O10S2.CH2O2/c1-34(2)25(31(44)42(34)52-54(47,48)49)18-27(43)30(26-20-53-33(38)39-26)40-51-35(3,32(45)46)29-13-10-22-17-21(9-12-28(22)50-29)23-8-11-24(7-4-5-14-36)41(19-23)16-6-15-37;2-1-3/h8-9,11-12,17,19-20,25,29H,4-7,10,13-16,18,36-37H2,1-3H3,(H3-,38,39,45,46,47,48,49);1H,(H,2,3)/p-1/b40-30-;/t25-,29-,35+;/m1./s1. The van der Waals surface area contributed by atoms with E-state index >= 15 is 0 Å². The number of fused-ring (bicyclic) bond motifs is 1. The first kappa shape index (κ1) is 44.7. The van der Waals surface area contributed by atoms with Gasteiger partial charge in [-0.3, -0.25) is 9.59 Å². The van der Waals surface area contributed by atoms with Crippen molar-refractivity contribution in [3.8, 4) is 16.9 Å². The Labute approximate surface area is 333 Å². The van der Waals surface area contributed by atoms with Gasteiger partial charge in [0.25, 0.3) is 11.5 Å². The number of carboxylic acid groups (broad SMARTS) is 2. The molecule has 1 amide bonds. The van der Waals surface area contributed by atoms with Crippen LogP contribution in [0.1, 0.15) is 69.8 Å². The van der Waals surface area contributed by atoms with Crippen molar-refractivity contribution in [2.75, 3.05) is 18.8 Å². The number of thiazole rings is 1. The Hall–Kier alpha value is -5.06. The van der Waals surface area contributed by atoms with Crippen molar-refractivity contribution in [1.29, 1.82) is 0 Å². The van der Waals surface area contributed by atoms with Gasteiger partial charge in [0.05, 0.1) is 11.5 Å². The summed E-state index contributed by atoms with van der Waals surface area (Å²) in [5.41, 5.74) is 17.5. The molecule has 1 saturated heterocycles. The zero-order chi connectivity index (χ0) is 42.1. The van der Waals surface area contributed by atoms with Gasteiger partial charge in [0.2, 0.25) is 10.4 Å². The number of aromatic nitrogens is 2. The summed E-state index contributed by atoms with van der Waals surface area (Å²) >= 11 is 0.994. The number of aryl methyl sites for hydroxylation is 3. The fourth-order valence-electron chi connectivity index (χ4n) is 6.51. The number of hydrogen-bond acceptors (Lipinski definition) is 17. The number of aliphatic carboxylic acids is 1. The monoisotopic (exact) mass is 832 g/mol. The third kappa shape index (κ3) is 10.7. The molecule has 0 unspecified atom stereocenters. The van der Waals surface area contributed by atoms with Crippen LogP contribution in [0.3, 0.4) is 0 Å². The van der Waals surface area contributed by atoms with E-state index in [1.54, 1.807) is 6.07 Å². The second-order valence-electron chi connectivity index (χ2n) is 14.0. The number of carbonyl (C=O) groups excluding carboxylic acids is 3. The van der Waals surface area contributed by atoms with Gasteiger partial charge in [0.1, 0.15) is 18.0 Å². The Balaban J connectivity index is 0.00000232. The quantitative estimate of drug-likeness (QED) is 0.0195. The summed E-state index contributed by atoms with van der Waals surface area (Å²) < 4.78 is 46.1. The van der Waals surface area contributed by atoms with Crippen molar-refractivity contribution in [1.82, 2.24) is 10.0 Å². The average Bonchev–Trinajstić information content (AvgIpc) is 3.60. The third-order valence-corrected chi connectivity index (χ3v) is 10.8. The van der Waals surface area contributed by atoms with Gasteiger partial charge in [0, 0.05) is 42.7 Å². The van der Waals surface area contributed by atoms with Crippen molar-refractivity contribution in [3.05, 3.63) is 58.9 Å². The molecule has 2 aliphatic rings. The highest BCUT2D eigenvalue weighted by atomic mass is 32.3. The molecule has 21 heteroatoms. The molecule has 0 aliphatic carbocycles. The van der Waals surface area contributed by atoms with E-state index in [9.17, 15) is 32.5 Å². The number of amides is 1. The highest BCUT2D eigenvalue weighted by Gasteiger charge is 2.57. The summed E-state index contributed by atoms with van der Waals surface area (Å²) in [5, 5.41) is 24.5. The van der Waals surface area contributed by atoms with E-state index in [0.29, 0.717) is 30.3 Å². The highest BCUT2D eigenvalue weighted by Crippen LogP contribution is 2.41. The number of oxime groups is 1. The lowest BCUT2D eigenvalue weighted by Gasteiger charge is -2.51. The number of nitrogen functional groups attached to an aromatic ring is 1. The molecule has 0 radical (unpaired) electrons. The number of nitrogens with zero attached hydrogens (tertiary/aromatic N) is 4. The number of β-lactam (4-membered cyclic amide) rings is 1. The molecule has 0 saturated carbocycles. The molecular formula is C36H46N7O12S2-. The third-order valence-electron chi connectivity index (χ3n) is 9.77. The molecule has 0 bridgehead atoms. The maximum atomic E-state index is 13.6. The molecule has 2 aromatic heterocycles. The summed E-state index contributed by atoms with van der Waals surface area (Å²) in [6.07, 6.45) is 4.94. The number of carboxylic acids is 1. The van der Waals surface area contributed by atoms with Crippen LogP contribution in [-0.4, -0.2) is 88.3 Å². The normalized spacial score (nSPS) is 18.5. The highest BCUT2D eigenvalue weighted by molar-refractivity contribution is 7.80. The van der Waals surface area contributed by atoms with Crippen LogP contribution in [0.25, 0.3) is 11.1 Å². The number of nitrogens with two attached hydrogens (primary N) is 3. The van der Waals surface area contributed by atoms with Crippen molar-refractivity contribution < 1.29 is 60.8 Å². The number of carbonyl (C=O) groups is 4. The van der Waals surface area contributed by atoms with Gasteiger partial charge in [-0.2, -0.15) is 9.35 Å². The van der Waals surface area contributed by atoms with Gasteiger partial charge in [-0.15, -0.1) is 11.3 Å². The largest absolute Gasteiger partial charge is 0.724 e. The van der Waals surface area contributed by atoms with E-state index in [2.05, 4.69) is 37.3 Å². The Morgan fingerprint density at radius 1 is 1.19 bits per heavy atom. The van der Waals surface area contributed by atoms with Crippen LogP contribution in [0.15, 0.2) is 47.1 Å². The van der Waals surface area contributed by atoms with Crippen molar-refractivity contribution in [2.24, 2.45) is 22.5 Å². The van der Waals surface area contributed by atoms with Crippen LogP contribution in [0.5, 0.6) is 5.75 Å². The minimum Gasteiger partial charge on any atom is -0.724 e. The zero-order valence-electron chi connectivity index (χ0n) is 31.6. The smallest absolute Gasteiger partial charge is 0.354 e. The van der Waals surface area contributed by atoms with E-state index in [0.717, 1.165) is 60.3 Å². The first-order valence-corrected chi connectivity index (χ1v) is 20.1. The van der Waals surface area contributed by atoms with Crippen molar-refractivity contribution in [3.63, 3.8) is 0 Å². The van der Waals surface area contributed by atoms with E-state index in [1.165, 1.54) is 31.8 Å². The SMILES string of the molecule is CC1(C)[C@H](CC(=O)/C(=N\O[C@](C)(C(=O)O)[C@H]2CCc3cc(-c4ccc(CCCCN)[n+](CCCN)c4)ccc3O2)c2csc(N)n2)C(=O)N1OS(=O)(=O)[O-].O=C[O-]. The number of anilines is 1. The number of hydrogen-bond donors (Lipinski definition) is 4. The van der Waals surface area contributed by atoms with E-state index in [4.69, 9.17) is 36.7 Å². The number of benzene rings is 1. The molecule has 3 atom stereocenters. The summed E-state index contributed by atoms with van der Waals surface area (Å²) in [5.74, 6) is -3.74. The number of unbranched alkanes of at least 4 members (excludes halogenated alkanes) is 1. The van der Waals surface area contributed by atoms with Gasteiger partial charge in [-0.25, -0.2) is 22.8 Å². The molecular weight excluding hydrogens is 787 g/mol. The van der Waals surface area contributed by atoms with Crippen molar-refractivity contribution >= 4 is 56.7 Å². The number of ether oxygens (including phenoxy) is 1. The number of rotatable bonds is 18. The zero-order valence-corrected chi connectivity index (χ0v) is 33.3. The van der Waals surface area contributed by atoms with Gasteiger partial charge in [-0.1, -0.05) is 11.2 Å². The van der Waals surface area contributed by atoms with Crippen LogP contribution >= 0.6 is 11.3 Å². The van der Waals surface area contributed by atoms with Gasteiger partial charge in [-0.05, 0) is 88.9 Å². The lowest BCUT2D eigenvalue weighted by molar-refractivity contribution is -0.703. The molecule has 3 aromatic rings. The summed E-state index contributed by atoms with van der Waals surface area (Å²) in [7, 11) is -5.25. The van der Waals surface area contributed by atoms with E-state index in [-0.39, 0.29) is 17.2 Å². The molecule has 2 aliphatic heterocycles. The minimum absolute atomic E-state index is 0.0227. The maximum absolute atomic E-state index is 13.6. The summed E-state index contributed by atoms with van der Waals surface area (Å²) in [6.45, 7) is 5.62. The predicted octanol–water partition coefficient (Wildman–Crippen LogP) is 0.222.